The van der Waals surface area contributed by atoms with Crippen molar-refractivity contribution in [2.75, 3.05) is 18.9 Å². The summed E-state index contributed by atoms with van der Waals surface area (Å²) in [6.07, 6.45) is 2.82. The van der Waals surface area contributed by atoms with Gasteiger partial charge in [0.25, 0.3) is 11.5 Å². The van der Waals surface area contributed by atoms with Crippen molar-refractivity contribution < 1.29 is 14.3 Å². The number of carbonyl (C=O) groups is 2. The van der Waals surface area contributed by atoms with Gasteiger partial charge in [0.1, 0.15) is 0 Å². The fourth-order valence-electron chi connectivity index (χ4n) is 3.99. The molecule has 1 amide bonds. The van der Waals surface area contributed by atoms with E-state index in [2.05, 4.69) is 19.2 Å². The molecule has 0 bridgehead atoms. The Morgan fingerprint density at radius 1 is 1.17 bits per heavy atom. The Hall–Kier alpha value is -2.97. The van der Waals surface area contributed by atoms with E-state index in [9.17, 15) is 14.4 Å². The van der Waals surface area contributed by atoms with E-state index in [0.29, 0.717) is 46.2 Å². The zero-order valence-corrected chi connectivity index (χ0v) is 21.0. The summed E-state index contributed by atoms with van der Waals surface area (Å²) in [7, 11) is 0. The SMILES string of the molecule is CC(C)CCn1c(SCC(=O)c2ccccc2)nc2cc(C(=O)NC[C@@H]3CCCO3)ccc2c1=O. The summed E-state index contributed by atoms with van der Waals surface area (Å²) < 4.78 is 7.23. The van der Waals surface area contributed by atoms with Crippen LogP contribution in [0.2, 0.25) is 0 Å². The molecule has 0 aliphatic carbocycles. The maximum atomic E-state index is 13.4. The molecule has 0 saturated carbocycles. The van der Waals surface area contributed by atoms with Crippen molar-refractivity contribution in [3.05, 3.63) is 70.0 Å². The number of nitrogens with zero attached hydrogens (tertiary/aromatic N) is 2. The summed E-state index contributed by atoms with van der Waals surface area (Å²) in [6.45, 7) is 5.92. The molecule has 0 radical (unpaired) electrons. The Bertz CT molecular complexity index is 1250. The molecule has 0 unspecified atom stereocenters. The van der Waals surface area contributed by atoms with Crippen molar-refractivity contribution in [1.29, 1.82) is 0 Å². The summed E-state index contributed by atoms with van der Waals surface area (Å²) in [6, 6.07) is 14.1. The number of fused-ring (bicyclic) bond motifs is 1. The number of thioether (sulfide) groups is 1. The first-order valence-corrected chi connectivity index (χ1v) is 13.1. The molecule has 35 heavy (non-hydrogen) atoms. The zero-order chi connectivity index (χ0) is 24.8. The van der Waals surface area contributed by atoms with E-state index in [1.165, 1.54) is 11.8 Å². The quantitative estimate of drug-likeness (QED) is 0.257. The Morgan fingerprint density at radius 3 is 2.69 bits per heavy atom. The average Bonchev–Trinajstić information content (AvgIpc) is 3.39. The van der Waals surface area contributed by atoms with Gasteiger partial charge in [0.05, 0.1) is 22.8 Å². The number of Topliss-reactive ketones (excluding diaryl/α,β-unsaturated/α-hetero) is 1. The van der Waals surface area contributed by atoms with Crippen molar-refractivity contribution in [3.63, 3.8) is 0 Å². The fourth-order valence-corrected chi connectivity index (χ4v) is 4.91. The molecular formula is C27H31N3O4S. The molecule has 1 fully saturated rings. The van der Waals surface area contributed by atoms with Gasteiger partial charge in [-0.15, -0.1) is 0 Å². The standard InChI is InChI=1S/C27H31N3O4S/c1-18(2)12-13-30-26(33)22-11-10-20(25(32)28-16-21-9-6-14-34-21)15-23(22)29-27(30)35-17-24(31)19-7-4-3-5-8-19/h3-5,7-8,10-11,15,18,21H,6,9,12-14,16-17H2,1-2H3,(H,28,32)/t21-/m0/s1. The number of amides is 1. The van der Waals surface area contributed by atoms with Crippen LogP contribution in [0.1, 0.15) is 53.8 Å². The van der Waals surface area contributed by atoms with Gasteiger partial charge in [-0.1, -0.05) is 55.9 Å². The molecule has 4 rings (SSSR count). The van der Waals surface area contributed by atoms with Gasteiger partial charge in [0.2, 0.25) is 0 Å². The Labute approximate surface area is 209 Å². The van der Waals surface area contributed by atoms with Crippen LogP contribution in [0.3, 0.4) is 0 Å². The number of carbonyl (C=O) groups excluding carboxylic acids is 2. The Kier molecular flexibility index (Phi) is 8.36. The fraction of sp³-hybridized carbons (Fsp3) is 0.407. The molecule has 0 spiro atoms. The van der Waals surface area contributed by atoms with Crippen LogP contribution in [-0.2, 0) is 11.3 Å². The smallest absolute Gasteiger partial charge is 0.262 e. The number of benzene rings is 2. The van der Waals surface area contributed by atoms with E-state index in [-0.39, 0.29) is 29.1 Å². The minimum atomic E-state index is -0.221. The van der Waals surface area contributed by atoms with Crippen molar-refractivity contribution in [3.8, 4) is 0 Å². The second kappa shape index (κ2) is 11.6. The normalized spacial score (nSPS) is 15.6. The highest BCUT2D eigenvalue weighted by molar-refractivity contribution is 7.99. The largest absolute Gasteiger partial charge is 0.376 e. The minimum Gasteiger partial charge on any atom is -0.376 e. The maximum Gasteiger partial charge on any atom is 0.262 e. The summed E-state index contributed by atoms with van der Waals surface area (Å²) >= 11 is 1.26. The number of aromatic nitrogens is 2. The number of hydrogen-bond acceptors (Lipinski definition) is 6. The first kappa shape index (κ1) is 25.1. The highest BCUT2D eigenvalue weighted by Crippen LogP contribution is 2.21. The maximum absolute atomic E-state index is 13.4. The summed E-state index contributed by atoms with van der Waals surface area (Å²) in [5.41, 5.74) is 1.37. The molecule has 1 N–H and O–H groups in total. The van der Waals surface area contributed by atoms with Crippen molar-refractivity contribution >= 4 is 34.4 Å². The van der Waals surface area contributed by atoms with E-state index in [4.69, 9.17) is 9.72 Å². The monoisotopic (exact) mass is 493 g/mol. The number of rotatable bonds is 10. The minimum absolute atomic E-state index is 0.0254. The highest BCUT2D eigenvalue weighted by atomic mass is 32.2. The summed E-state index contributed by atoms with van der Waals surface area (Å²) in [5, 5.41) is 3.86. The summed E-state index contributed by atoms with van der Waals surface area (Å²) in [4.78, 5) is 43.5. The third-order valence-corrected chi connectivity index (χ3v) is 7.03. The van der Waals surface area contributed by atoms with Gasteiger partial charge >= 0.3 is 0 Å². The third-order valence-electron chi connectivity index (χ3n) is 6.05. The van der Waals surface area contributed by atoms with Crippen LogP contribution in [0, 0.1) is 5.92 Å². The predicted octanol–water partition coefficient (Wildman–Crippen LogP) is 4.33. The number of hydrogen-bond donors (Lipinski definition) is 1. The lowest BCUT2D eigenvalue weighted by Crippen LogP contribution is -2.31. The third kappa shape index (κ3) is 6.38. The van der Waals surface area contributed by atoms with E-state index >= 15 is 0 Å². The zero-order valence-electron chi connectivity index (χ0n) is 20.2. The van der Waals surface area contributed by atoms with Crippen LogP contribution in [0.4, 0.5) is 0 Å². The van der Waals surface area contributed by atoms with Gasteiger partial charge in [-0.25, -0.2) is 4.98 Å². The lowest BCUT2D eigenvalue weighted by Gasteiger charge is -2.15. The van der Waals surface area contributed by atoms with Gasteiger partial charge < -0.3 is 10.1 Å². The van der Waals surface area contributed by atoms with Crippen LogP contribution in [0.25, 0.3) is 10.9 Å². The van der Waals surface area contributed by atoms with Gasteiger partial charge in [-0.3, -0.25) is 19.0 Å². The second-order valence-electron chi connectivity index (χ2n) is 9.19. The van der Waals surface area contributed by atoms with E-state index in [0.717, 1.165) is 25.9 Å². The molecule has 8 heteroatoms. The van der Waals surface area contributed by atoms with Crippen LogP contribution in [0.15, 0.2) is 58.5 Å². The second-order valence-corrected chi connectivity index (χ2v) is 10.1. The number of ketones is 1. The predicted molar refractivity (Wildman–Crippen MR) is 138 cm³/mol. The molecule has 1 atom stereocenters. The Balaban J connectivity index is 1.59. The number of ether oxygens (including phenoxy) is 1. The van der Waals surface area contributed by atoms with Crippen molar-refractivity contribution in [1.82, 2.24) is 14.9 Å². The molecule has 1 saturated heterocycles. The topological polar surface area (TPSA) is 90.3 Å². The lowest BCUT2D eigenvalue weighted by molar-refractivity contribution is 0.0857. The van der Waals surface area contributed by atoms with Crippen LogP contribution in [0.5, 0.6) is 0 Å². The first-order chi connectivity index (χ1) is 16.9. The molecule has 2 aromatic carbocycles. The molecule has 1 aliphatic rings. The van der Waals surface area contributed by atoms with Gasteiger partial charge in [-0.2, -0.15) is 0 Å². The van der Waals surface area contributed by atoms with Crippen molar-refractivity contribution in [2.24, 2.45) is 5.92 Å². The van der Waals surface area contributed by atoms with Gasteiger partial charge in [0.15, 0.2) is 10.9 Å². The molecular weight excluding hydrogens is 462 g/mol. The first-order valence-electron chi connectivity index (χ1n) is 12.1. The molecule has 1 aliphatic heterocycles. The van der Waals surface area contributed by atoms with Crippen LogP contribution < -0.4 is 10.9 Å². The van der Waals surface area contributed by atoms with E-state index < -0.39 is 0 Å². The molecule has 7 nitrogen and oxygen atoms in total. The Morgan fingerprint density at radius 2 is 1.97 bits per heavy atom. The molecule has 184 valence electrons. The van der Waals surface area contributed by atoms with Crippen molar-refractivity contribution in [2.45, 2.75) is 50.9 Å². The lowest BCUT2D eigenvalue weighted by atomic mass is 10.1. The van der Waals surface area contributed by atoms with Crippen LogP contribution in [-0.4, -0.2) is 46.2 Å². The highest BCUT2D eigenvalue weighted by Gasteiger charge is 2.19. The molecule has 3 aromatic rings. The van der Waals surface area contributed by atoms with Gasteiger partial charge in [-0.05, 0) is 43.4 Å². The summed E-state index contributed by atoms with van der Waals surface area (Å²) in [5.74, 6) is 0.339. The number of nitrogens with one attached hydrogen (secondary N) is 1. The molecule has 1 aromatic heterocycles. The van der Waals surface area contributed by atoms with Crippen LogP contribution >= 0.6 is 11.8 Å². The van der Waals surface area contributed by atoms with Gasteiger partial charge in [0, 0.05) is 30.8 Å². The average molecular weight is 494 g/mol. The van der Waals surface area contributed by atoms with E-state index in [1.54, 1.807) is 34.9 Å². The van der Waals surface area contributed by atoms with E-state index in [1.807, 2.05) is 18.2 Å². The molecule has 2 heterocycles.